The van der Waals surface area contributed by atoms with Crippen LogP contribution in [-0.4, -0.2) is 54.1 Å². The van der Waals surface area contributed by atoms with Crippen molar-refractivity contribution in [3.63, 3.8) is 0 Å². The van der Waals surface area contributed by atoms with Crippen LogP contribution in [0.4, 0.5) is 11.4 Å². The molecule has 2 unspecified atom stereocenters. The van der Waals surface area contributed by atoms with E-state index in [4.69, 9.17) is 15.6 Å². The Bertz CT molecular complexity index is 1140. The molecule has 0 radical (unpaired) electrons. The third kappa shape index (κ3) is 8.71. The maximum absolute atomic E-state index is 11.3. The summed E-state index contributed by atoms with van der Waals surface area (Å²) < 4.78 is 9.55. The van der Waals surface area contributed by atoms with Crippen LogP contribution in [0.1, 0.15) is 16.4 Å². The molecule has 3 rings (SSSR count). The van der Waals surface area contributed by atoms with Crippen molar-refractivity contribution in [3.05, 3.63) is 77.9 Å². The summed E-state index contributed by atoms with van der Waals surface area (Å²) in [6.45, 7) is 2.06. The number of aromatic hydroxyl groups is 1. The molecule has 0 bridgehead atoms. The lowest BCUT2D eigenvalue weighted by Gasteiger charge is -2.21. The number of anilines is 2. The summed E-state index contributed by atoms with van der Waals surface area (Å²) in [5.74, 6) is -0.737. The predicted octanol–water partition coefficient (Wildman–Crippen LogP) is 3.84. The first-order chi connectivity index (χ1) is 17.1. The van der Waals surface area contributed by atoms with Crippen LogP contribution >= 0.6 is 11.8 Å². The quantitative estimate of drug-likeness (QED) is 0.123. The predicted molar refractivity (Wildman–Crippen MR) is 139 cm³/mol. The molecule has 0 spiro atoms. The molecule has 0 amide bonds. The van der Waals surface area contributed by atoms with Crippen molar-refractivity contribution >= 4 is 35.1 Å². The largest absolute Gasteiger partial charge is 0.508 e. The Balaban J connectivity index is 0.000000297. The maximum Gasteiger partial charge on any atom is 0.334 e. The second kappa shape index (κ2) is 13.9. The van der Waals surface area contributed by atoms with Crippen molar-refractivity contribution in [2.24, 2.45) is 0 Å². The van der Waals surface area contributed by atoms with Crippen LogP contribution in [0.2, 0.25) is 0 Å². The second-order valence-electron chi connectivity index (χ2n) is 7.61. The van der Waals surface area contributed by atoms with Crippen molar-refractivity contribution in [3.8, 4) is 11.5 Å². The van der Waals surface area contributed by atoms with E-state index in [2.05, 4.69) is 10.1 Å². The number of nitrogens with two attached hydrogens (primary N) is 1. The standard InChI is InChI=1S/C17H19NO4S.C9H11NO3/c1-10-3-8-13(18)14(9-10)23-16(15(19)17(20)21)11-4-6-12(22-2)7-5-11;1-13-9(12)6-10-7-2-4-8(11)5-3-7/h3-9,15-16,19H,18H2,1-2H3,(H,20,21);2-5,10-11H,6H2,1H3. The van der Waals surface area contributed by atoms with Crippen LogP contribution in [0.3, 0.4) is 0 Å². The van der Waals surface area contributed by atoms with Crippen molar-refractivity contribution in [2.45, 2.75) is 23.2 Å². The molecule has 2 atom stereocenters. The summed E-state index contributed by atoms with van der Waals surface area (Å²) in [5.41, 5.74) is 8.99. The van der Waals surface area contributed by atoms with E-state index < -0.39 is 17.3 Å². The number of methoxy groups -OCH3 is 2. The number of hydrogen-bond acceptors (Lipinski definition) is 9. The molecule has 0 aliphatic heterocycles. The minimum absolute atomic E-state index is 0.126. The number of nitrogens with one attached hydrogen (secondary N) is 1. The average Bonchev–Trinajstić information content (AvgIpc) is 2.88. The van der Waals surface area contributed by atoms with Gasteiger partial charge >= 0.3 is 11.9 Å². The number of aryl methyl sites for hydroxylation is 1. The van der Waals surface area contributed by atoms with Crippen molar-refractivity contribution in [1.82, 2.24) is 0 Å². The molecule has 3 aromatic carbocycles. The summed E-state index contributed by atoms with van der Waals surface area (Å²) >= 11 is 1.24. The number of thioether (sulfide) groups is 1. The number of aliphatic hydroxyl groups excluding tert-OH is 1. The monoisotopic (exact) mass is 514 g/mol. The van der Waals surface area contributed by atoms with Gasteiger partial charge in [0.2, 0.25) is 0 Å². The van der Waals surface area contributed by atoms with E-state index in [0.29, 0.717) is 17.0 Å². The van der Waals surface area contributed by atoms with Gasteiger partial charge in [-0.1, -0.05) is 18.2 Å². The van der Waals surface area contributed by atoms with Gasteiger partial charge in [-0.05, 0) is 66.6 Å². The van der Waals surface area contributed by atoms with Crippen LogP contribution in [0.15, 0.2) is 71.6 Å². The van der Waals surface area contributed by atoms with Gasteiger partial charge in [-0.2, -0.15) is 0 Å². The molecule has 0 aliphatic rings. The summed E-state index contributed by atoms with van der Waals surface area (Å²) in [7, 11) is 2.89. The highest BCUT2D eigenvalue weighted by atomic mass is 32.2. The Hall–Kier alpha value is -3.89. The number of aliphatic carboxylic acids is 1. The Kier molecular flexibility index (Phi) is 10.9. The Labute approximate surface area is 213 Å². The molecule has 3 aromatic rings. The van der Waals surface area contributed by atoms with E-state index in [0.717, 1.165) is 16.1 Å². The number of carbonyl (C=O) groups excluding carboxylic acids is 1. The number of nitrogen functional groups attached to an aromatic ring is 1. The number of hydrogen-bond donors (Lipinski definition) is 5. The van der Waals surface area contributed by atoms with E-state index >= 15 is 0 Å². The first-order valence-corrected chi connectivity index (χ1v) is 11.7. The summed E-state index contributed by atoms with van der Waals surface area (Å²) in [6, 6.07) is 18.9. The number of aliphatic hydroxyl groups is 1. The molecule has 0 aromatic heterocycles. The fourth-order valence-electron chi connectivity index (χ4n) is 2.94. The van der Waals surface area contributed by atoms with E-state index in [-0.39, 0.29) is 18.3 Å². The molecule has 0 aliphatic carbocycles. The molecule has 0 saturated heterocycles. The van der Waals surface area contributed by atoms with Crippen LogP contribution in [0.25, 0.3) is 0 Å². The van der Waals surface area contributed by atoms with Crippen molar-refractivity contribution in [2.75, 3.05) is 31.8 Å². The van der Waals surface area contributed by atoms with Crippen LogP contribution in [0, 0.1) is 6.92 Å². The third-order valence-electron chi connectivity index (χ3n) is 4.94. The first kappa shape index (κ1) is 28.3. The van der Waals surface area contributed by atoms with Crippen molar-refractivity contribution in [1.29, 1.82) is 0 Å². The Morgan fingerprint density at radius 1 is 1.03 bits per heavy atom. The van der Waals surface area contributed by atoms with Gasteiger partial charge in [0, 0.05) is 16.3 Å². The highest BCUT2D eigenvalue weighted by molar-refractivity contribution is 7.99. The molecule has 36 heavy (non-hydrogen) atoms. The van der Waals surface area contributed by atoms with Gasteiger partial charge in [-0.25, -0.2) is 4.79 Å². The Morgan fingerprint density at radius 2 is 1.67 bits per heavy atom. The molecule has 6 N–H and O–H groups in total. The normalized spacial score (nSPS) is 11.9. The van der Waals surface area contributed by atoms with Crippen LogP contribution in [-0.2, 0) is 14.3 Å². The highest BCUT2D eigenvalue weighted by Gasteiger charge is 2.29. The first-order valence-electron chi connectivity index (χ1n) is 10.8. The minimum atomic E-state index is -1.55. The van der Waals surface area contributed by atoms with Gasteiger partial charge in [-0.3, -0.25) is 4.79 Å². The van der Waals surface area contributed by atoms with E-state index in [1.807, 2.05) is 19.1 Å². The van der Waals surface area contributed by atoms with E-state index in [1.54, 1.807) is 61.7 Å². The van der Waals surface area contributed by atoms with Gasteiger partial charge in [0.15, 0.2) is 6.10 Å². The second-order valence-corrected chi connectivity index (χ2v) is 8.80. The van der Waals surface area contributed by atoms with Gasteiger partial charge in [0.1, 0.15) is 18.0 Å². The zero-order valence-electron chi connectivity index (χ0n) is 20.2. The van der Waals surface area contributed by atoms with Gasteiger partial charge in [0.05, 0.1) is 19.5 Å². The lowest BCUT2D eigenvalue weighted by atomic mass is 10.1. The fourth-order valence-corrected chi connectivity index (χ4v) is 4.21. The number of carboxylic acid groups (broad SMARTS) is 1. The van der Waals surface area contributed by atoms with E-state index in [9.17, 15) is 19.8 Å². The summed E-state index contributed by atoms with van der Waals surface area (Å²) in [6.07, 6.45) is -1.55. The maximum atomic E-state index is 11.3. The molecule has 0 heterocycles. The van der Waals surface area contributed by atoms with Gasteiger partial charge in [-0.15, -0.1) is 11.8 Å². The van der Waals surface area contributed by atoms with Crippen LogP contribution < -0.4 is 15.8 Å². The SMILES string of the molecule is COC(=O)CNc1ccc(O)cc1.COc1ccc(C(Sc2cc(C)ccc2N)C(O)C(=O)O)cc1. The number of carbonyl (C=O) groups is 2. The number of phenols is 1. The number of ether oxygens (including phenoxy) is 2. The lowest BCUT2D eigenvalue weighted by molar-refractivity contribution is -0.146. The molecule has 10 heteroatoms. The highest BCUT2D eigenvalue weighted by Crippen LogP contribution is 2.41. The number of benzene rings is 3. The lowest BCUT2D eigenvalue weighted by Crippen LogP contribution is -2.26. The number of esters is 1. The Morgan fingerprint density at radius 3 is 2.22 bits per heavy atom. The number of rotatable bonds is 9. The molecule has 192 valence electrons. The molecule has 9 nitrogen and oxygen atoms in total. The third-order valence-corrected chi connectivity index (χ3v) is 6.33. The van der Waals surface area contributed by atoms with Gasteiger partial charge in [0.25, 0.3) is 0 Å². The average molecular weight is 515 g/mol. The van der Waals surface area contributed by atoms with Gasteiger partial charge < -0.3 is 35.8 Å². The zero-order chi connectivity index (χ0) is 26.7. The molecule has 0 fully saturated rings. The summed E-state index contributed by atoms with van der Waals surface area (Å²) in [4.78, 5) is 22.7. The molecular formula is C26H30N2O7S. The molecule has 0 saturated carbocycles. The fraction of sp³-hybridized carbons (Fsp3) is 0.231. The van der Waals surface area contributed by atoms with Crippen LogP contribution in [0.5, 0.6) is 11.5 Å². The topological polar surface area (TPSA) is 151 Å². The minimum Gasteiger partial charge on any atom is -0.508 e. The smallest absolute Gasteiger partial charge is 0.334 e. The molecular weight excluding hydrogens is 484 g/mol. The number of carboxylic acids is 1. The zero-order valence-corrected chi connectivity index (χ0v) is 21.0. The van der Waals surface area contributed by atoms with Crippen molar-refractivity contribution < 1.29 is 34.4 Å². The van der Waals surface area contributed by atoms with E-state index in [1.165, 1.54) is 18.9 Å². The summed E-state index contributed by atoms with van der Waals surface area (Å²) in [5, 5.41) is 30.4. The number of phenolic OH excluding ortho intramolecular Hbond substituents is 1.